The number of carboxylic acid groups (broad SMARTS) is 1. The maximum atomic E-state index is 11.2. The summed E-state index contributed by atoms with van der Waals surface area (Å²) in [5.74, 6) is -1.20. The van der Waals surface area contributed by atoms with Crippen molar-refractivity contribution in [1.29, 1.82) is 0 Å². The molecule has 0 saturated carbocycles. The van der Waals surface area contributed by atoms with E-state index in [1.54, 1.807) is 0 Å². The Hall–Kier alpha value is -0.940. The molecular formula is C5H10F3NO2. The molecule has 0 aliphatic carbocycles. The number of hydrogen-bond donors (Lipinski definition) is 2. The van der Waals surface area contributed by atoms with Gasteiger partial charge in [0.05, 0.1) is 0 Å². The molecule has 0 bridgehead atoms. The number of nitrogens with two attached hydrogens (primary N) is 1. The van der Waals surface area contributed by atoms with Crippen molar-refractivity contribution in [2.24, 2.45) is 11.7 Å². The first-order valence-corrected chi connectivity index (χ1v) is 2.73. The lowest BCUT2D eigenvalue weighted by Gasteiger charge is -2.07. The van der Waals surface area contributed by atoms with Gasteiger partial charge in [-0.2, -0.15) is 13.2 Å². The maximum Gasteiger partial charge on any atom is 0.402 e. The molecule has 0 aromatic heterocycles. The monoisotopic (exact) mass is 173 g/mol. The van der Waals surface area contributed by atoms with Crippen LogP contribution < -0.4 is 5.73 Å². The lowest BCUT2D eigenvalue weighted by atomic mass is 10.2. The Kier molecular flexibility index (Phi) is 5.56. The van der Waals surface area contributed by atoms with Gasteiger partial charge in [-0.25, -0.2) is 4.79 Å². The molecule has 0 heterocycles. The van der Waals surface area contributed by atoms with Gasteiger partial charge >= 0.3 is 12.3 Å². The van der Waals surface area contributed by atoms with Crippen LogP contribution in [0.1, 0.15) is 13.8 Å². The summed E-state index contributed by atoms with van der Waals surface area (Å²) in [6.07, 6.45) is -5.33. The van der Waals surface area contributed by atoms with Crippen LogP contribution in [0.3, 0.4) is 0 Å². The van der Waals surface area contributed by atoms with Crippen LogP contribution in [-0.2, 0) is 0 Å². The average Bonchev–Trinajstić information content (AvgIpc) is 1.59. The molecule has 0 saturated heterocycles. The molecule has 3 nitrogen and oxygen atoms in total. The predicted octanol–water partition coefficient (Wildman–Crippen LogP) is 1.83. The molecule has 0 fully saturated rings. The van der Waals surface area contributed by atoms with Crippen molar-refractivity contribution in [2.45, 2.75) is 20.0 Å². The zero-order chi connectivity index (χ0) is 9.65. The Labute approximate surface area is 62.0 Å². The van der Waals surface area contributed by atoms with E-state index in [1.807, 2.05) is 0 Å². The second-order valence-electron chi connectivity index (χ2n) is 2.03. The van der Waals surface area contributed by atoms with Gasteiger partial charge < -0.3 is 10.8 Å². The molecule has 0 aliphatic heterocycles. The first-order valence-electron chi connectivity index (χ1n) is 2.73. The Morgan fingerprint density at radius 2 is 1.55 bits per heavy atom. The zero-order valence-electron chi connectivity index (χ0n) is 6.14. The first-order chi connectivity index (χ1) is 4.68. The summed E-state index contributed by atoms with van der Waals surface area (Å²) in [4.78, 5) is 8.78. The van der Waals surface area contributed by atoms with Gasteiger partial charge in [0.15, 0.2) is 0 Å². The molecule has 6 heteroatoms. The molecule has 1 amide bonds. The highest BCUT2D eigenvalue weighted by Gasteiger charge is 2.31. The second kappa shape index (κ2) is 4.81. The van der Waals surface area contributed by atoms with Crippen LogP contribution in [-0.4, -0.2) is 17.4 Å². The molecule has 0 aromatic rings. The van der Waals surface area contributed by atoms with Gasteiger partial charge in [0, 0.05) is 5.92 Å². The number of halogens is 3. The van der Waals surface area contributed by atoms with Gasteiger partial charge in [0.25, 0.3) is 0 Å². The largest absolute Gasteiger partial charge is 0.465 e. The van der Waals surface area contributed by atoms with E-state index in [9.17, 15) is 13.2 Å². The van der Waals surface area contributed by atoms with E-state index in [4.69, 9.17) is 9.90 Å². The number of rotatable bonds is 0. The normalized spacial score (nSPS) is 10.4. The van der Waals surface area contributed by atoms with Crippen molar-refractivity contribution in [1.82, 2.24) is 0 Å². The Balaban J connectivity index is 0. The number of amides is 1. The third-order valence-corrected chi connectivity index (χ3v) is 0.655. The van der Waals surface area contributed by atoms with Gasteiger partial charge in [0.2, 0.25) is 0 Å². The average molecular weight is 173 g/mol. The Morgan fingerprint density at radius 1 is 1.45 bits per heavy atom. The lowest BCUT2D eigenvalue weighted by Crippen LogP contribution is -2.15. The summed E-state index contributed by atoms with van der Waals surface area (Å²) in [5.41, 5.74) is 4.03. The molecule has 3 N–H and O–H groups in total. The van der Waals surface area contributed by atoms with Crippen LogP contribution in [0.25, 0.3) is 0 Å². The first kappa shape index (κ1) is 12.7. The van der Waals surface area contributed by atoms with Crippen LogP contribution in [0.4, 0.5) is 18.0 Å². The fourth-order valence-corrected chi connectivity index (χ4v) is 0. The van der Waals surface area contributed by atoms with E-state index in [1.165, 1.54) is 0 Å². The van der Waals surface area contributed by atoms with Crippen LogP contribution >= 0.6 is 0 Å². The van der Waals surface area contributed by atoms with Gasteiger partial charge in [-0.3, -0.25) is 0 Å². The van der Waals surface area contributed by atoms with Crippen molar-refractivity contribution in [3.8, 4) is 0 Å². The van der Waals surface area contributed by atoms with E-state index in [0.29, 0.717) is 0 Å². The molecule has 0 unspecified atom stereocenters. The minimum Gasteiger partial charge on any atom is -0.465 e. The smallest absolute Gasteiger partial charge is 0.402 e. The number of primary amides is 1. The fourth-order valence-electron chi connectivity index (χ4n) is 0. The highest BCUT2D eigenvalue weighted by molar-refractivity contribution is 5.61. The van der Waals surface area contributed by atoms with Gasteiger partial charge in [-0.1, -0.05) is 13.8 Å². The maximum absolute atomic E-state index is 11.2. The van der Waals surface area contributed by atoms with Crippen molar-refractivity contribution in [2.75, 3.05) is 0 Å². The van der Waals surface area contributed by atoms with Crippen LogP contribution in [0.5, 0.6) is 0 Å². The molecular weight excluding hydrogens is 163 g/mol. The molecule has 0 rings (SSSR count). The van der Waals surface area contributed by atoms with E-state index in [-0.39, 0.29) is 0 Å². The van der Waals surface area contributed by atoms with E-state index < -0.39 is 18.2 Å². The zero-order valence-corrected chi connectivity index (χ0v) is 6.14. The highest BCUT2D eigenvalue weighted by Crippen LogP contribution is 2.24. The minimum absolute atomic E-state index is 1.12. The molecule has 0 radical (unpaired) electrons. The number of hydrogen-bond acceptors (Lipinski definition) is 1. The second-order valence-corrected chi connectivity index (χ2v) is 2.03. The molecule has 0 aliphatic rings. The lowest BCUT2D eigenvalue weighted by molar-refractivity contribution is -0.164. The topological polar surface area (TPSA) is 63.3 Å². The summed E-state index contributed by atoms with van der Waals surface area (Å²) >= 11 is 0. The van der Waals surface area contributed by atoms with Crippen LogP contribution in [0.15, 0.2) is 0 Å². The molecule has 0 spiro atoms. The molecule has 0 aromatic carbocycles. The van der Waals surface area contributed by atoms with Crippen molar-refractivity contribution >= 4 is 6.09 Å². The SMILES string of the molecule is CC(C)C(F)(F)F.NC(=O)O. The summed E-state index contributed by atoms with van der Waals surface area (Å²) in [6, 6.07) is 0. The summed E-state index contributed by atoms with van der Waals surface area (Å²) in [5, 5.41) is 7.19. The predicted molar refractivity (Wildman–Crippen MR) is 33.1 cm³/mol. The van der Waals surface area contributed by atoms with Crippen LogP contribution in [0.2, 0.25) is 0 Å². The minimum atomic E-state index is -4.00. The van der Waals surface area contributed by atoms with E-state index >= 15 is 0 Å². The van der Waals surface area contributed by atoms with E-state index in [0.717, 1.165) is 13.8 Å². The molecule has 0 atom stereocenters. The van der Waals surface area contributed by atoms with Crippen molar-refractivity contribution in [3.05, 3.63) is 0 Å². The van der Waals surface area contributed by atoms with Gasteiger partial charge in [0.1, 0.15) is 0 Å². The van der Waals surface area contributed by atoms with Crippen LogP contribution in [0, 0.1) is 5.92 Å². The third-order valence-electron chi connectivity index (χ3n) is 0.655. The van der Waals surface area contributed by atoms with Crippen molar-refractivity contribution in [3.63, 3.8) is 0 Å². The Morgan fingerprint density at radius 3 is 1.55 bits per heavy atom. The quantitative estimate of drug-likeness (QED) is 0.586. The van der Waals surface area contributed by atoms with Crippen molar-refractivity contribution < 1.29 is 23.1 Å². The highest BCUT2D eigenvalue weighted by atomic mass is 19.4. The van der Waals surface area contributed by atoms with E-state index in [2.05, 4.69) is 5.73 Å². The molecule has 11 heavy (non-hydrogen) atoms. The molecule has 68 valence electrons. The summed E-state index contributed by atoms with van der Waals surface area (Å²) in [6.45, 7) is 2.25. The van der Waals surface area contributed by atoms with Gasteiger partial charge in [-0.15, -0.1) is 0 Å². The Bertz CT molecular complexity index is 117. The fraction of sp³-hybridized carbons (Fsp3) is 0.800. The summed E-state index contributed by atoms with van der Waals surface area (Å²) in [7, 11) is 0. The standard InChI is InChI=1S/C4H7F3.CH3NO2/c1-3(2)4(5,6)7;2-1(3)4/h3H,1-2H3;2H2,(H,3,4). The third kappa shape index (κ3) is 17.6. The number of carbonyl (C=O) groups is 1. The number of alkyl halides is 3. The van der Waals surface area contributed by atoms with Gasteiger partial charge in [-0.05, 0) is 0 Å². The summed E-state index contributed by atoms with van der Waals surface area (Å²) < 4.78 is 33.5.